The number of fused-ring (bicyclic) bond motifs is 9. The van der Waals surface area contributed by atoms with Gasteiger partial charge in [0.2, 0.25) is 0 Å². The predicted molar refractivity (Wildman–Crippen MR) is 219 cm³/mol. The molecule has 0 aliphatic carbocycles. The minimum absolute atomic E-state index is 1.01. The molecule has 0 bridgehead atoms. The number of pyridine rings is 1. The van der Waals surface area contributed by atoms with Gasteiger partial charge in [0.05, 0.1) is 33.3 Å². The Balaban J connectivity index is 1.04. The molecule has 0 atom stereocenters. The largest absolute Gasteiger partial charge is 0.309 e. The van der Waals surface area contributed by atoms with Gasteiger partial charge in [-0.1, -0.05) is 121 Å². The van der Waals surface area contributed by atoms with Gasteiger partial charge in [0.1, 0.15) is 0 Å². The molecule has 0 fully saturated rings. The van der Waals surface area contributed by atoms with Crippen LogP contribution in [0.5, 0.6) is 0 Å². The molecule has 52 heavy (non-hydrogen) atoms. The zero-order valence-corrected chi connectivity index (χ0v) is 28.2. The first-order valence-electron chi connectivity index (χ1n) is 17.8. The zero-order valence-electron chi connectivity index (χ0n) is 28.2. The molecule has 11 rings (SSSR count). The van der Waals surface area contributed by atoms with E-state index in [0.717, 1.165) is 22.5 Å². The van der Waals surface area contributed by atoms with E-state index in [1.54, 1.807) is 0 Å². The van der Waals surface area contributed by atoms with Crippen LogP contribution in [0.3, 0.4) is 0 Å². The Morgan fingerprint density at radius 1 is 0.288 bits per heavy atom. The number of benzene rings is 8. The molecular weight excluding hydrogens is 631 g/mol. The van der Waals surface area contributed by atoms with Gasteiger partial charge in [0, 0.05) is 49.3 Å². The highest BCUT2D eigenvalue weighted by atomic mass is 15.0. The first-order valence-corrected chi connectivity index (χ1v) is 17.8. The Labute approximate surface area is 300 Å². The van der Waals surface area contributed by atoms with Gasteiger partial charge in [0.15, 0.2) is 0 Å². The molecule has 0 radical (unpaired) electrons. The highest BCUT2D eigenvalue weighted by Gasteiger charge is 2.17. The lowest BCUT2D eigenvalue weighted by molar-refractivity contribution is 1.18. The van der Waals surface area contributed by atoms with Crippen molar-refractivity contribution >= 4 is 65.3 Å². The third-order valence-electron chi connectivity index (χ3n) is 10.7. The van der Waals surface area contributed by atoms with Gasteiger partial charge in [-0.2, -0.15) is 0 Å². The molecule has 0 aliphatic heterocycles. The van der Waals surface area contributed by atoms with E-state index in [1.165, 1.54) is 76.6 Å². The first kappa shape index (κ1) is 28.8. The average Bonchev–Trinajstić information content (AvgIpc) is 3.73. The molecule has 0 amide bonds. The zero-order chi connectivity index (χ0) is 34.2. The molecule has 3 nitrogen and oxygen atoms in total. The average molecular weight is 662 g/mol. The second-order valence-electron chi connectivity index (χ2n) is 13.6. The van der Waals surface area contributed by atoms with Crippen LogP contribution in [0.2, 0.25) is 0 Å². The van der Waals surface area contributed by atoms with Gasteiger partial charge >= 0.3 is 0 Å². The van der Waals surface area contributed by atoms with Gasteiger partial charge in [-0.3, -0.25) is 0 Å². The lowest BCUT2D eigenvalue weighted by Crippen LogP contribution is -1.95. The summed E-state index contributed by atoms with van der Waals surface area (Å²) < 4.78 is 4.76. The molecule has 3 aromatic heterocycles. The van der Waals surface area contributed by atoms with Crippen molar-refractivity contribution in [1.82, 2.24) is 14.1 Å². The van der Waals surface area contributed by atoms with Crippen LogP contribution in [0.25, 0.3) is 99.0 Å². The Bertz CT molecular complexity index is 3170. The molecule has 0 unspecified atom stereocenters. The van der Waals surface area contributed by atoms with Crippen LogP contribution in [-0.4, -0.2) is 14.1 Å². The molecular formula is C49H31N3. The number of nitrogens with zero attached hydrogens (tertiary/aromatic N) is 3. The molecule has 0 saturated carbocycles. The fraction of sp³-hybridized carbons (Fsp3) is 0. The van der Waals surface area contributed by atoms with Crippen LogP contribution in [0, 0.1) is 0 Å². The SMILES string of the molecule is c1ccc(-n2c3ccccc3c3cc(-c4ccc5c(c4)c4ccccc4n5-c4ccc(-c5nc6ccccc6c6ccccc56)cc4)ccc32)cc1. The van der Waals surface area contributed by atoms with Crippen molar-refractivity contribution in [2.45, 2.75) is 0 Å². The second-order valence-corrected chi connectivity index (χ2v) is 13.6. The van der Waals surface area contributed by atoms with Crippen molar-refractivity contribution in [3.05, 3.63) is 188 Å². The standard InChI is InChI=1S/C49H31N3/c1-2-12-35(13-3-1)51-45-20-10-7-16-39(45)42-30-33(24-28-47(42)51)34-25-29-48-43(31-34)40-17-8-11-21-46(40)52(48)36-26-22-32(23-27-36)49-41-18-5-4-14-37(41)38-15-6-9-19-44(38)50-49/h1-31H. The van der Waals surface area contributed by atoms with Gasteiger partial charge in [0.25, 0.3) is 0 Å². The Morgan fingerprint density at radius 3 is 1.35 bits per heavy atom. The summed E-state index contributed by atoms with van der Waals surface area (Å²) in [6.07, 6.45) is 0. The van der Waals surface area contributed by atoms with Crippen molar-refractivity contribution in [3.63, 3.8) is 0 Å². The summed E-state index contributed by atoms with van der Waals surface area (Å²) in [5.41, 5.74) is 12.7. The molecule has 0 spiro atoms. The van der Waals surface area contributed by atoms with E-state index >= 15 is 0 Å². The molecule has 0 saturated heterocycles. The maximum absolute atomic E-state index is 5.15. The first-order chi connectivity index (χ1) is 25.8. The van der Waals surface area contributed by atoms with E-state index in [9.17, 15) is 0 Å². The van der Waals surface area contributed by atoms with Crippen molar-refractivity contribution in [1.29, 1.82) is 0 Å². The van der Waals surface area contributed by atoms with Crippen LogP contribution in [0.15, 0.2) is 188 Å². The van der Waals surface area contributed by atoms with E-state index < -0.39 is 0 Å². The smallest absolute Gasteiger partial charge is 0.0788 e. The minimum atomic E-state index is 1.01. The quantitative estimate of drug-likeness (QED) is 0.172. The molecule has 8 aromatic carbocycles. The number of hydrogen-bond acceptors (Lipinski definition) is 1. The summed E-state index contributed by atoms with van der Waals surface area (Å²) in [6, 6.07) is 67.8. The maximum Gasteiger partial charge on any atom is 0.0788 e. The maximum atomic E-state index is 5.15. The van der Waals surface area contributed by atoms with Crippen LogP contribution >= 0.6 is 0 Å². The van der Waals surface area contributed by atoms with E-state index in [1.807, 2.05) is 0 Å². The molecule has 3 heteroatoms. The van der Waals surface area contributed by atoms with Gasteiger partial charge in [-0.05, 0) is 83.2 Å². The molecule has 3 heterocycles. The Morgan fingerprint density at radius 2 is 0.731 bits per heavy atom. The third-order valence-corrected chi connectivity index (χ3v) is 10.7. The number of hydrogen-bond donors (Lipinski definition) is 0. The number of aromatic nitrogens is 3. The Hall–Kier alpha value is -6.97. The molecule has 242 valence electrons. The van der Waals surface area contributed by atoms with Crippen LogP contribution in [0.1, 0.15) is 0 Å². The fourth-order valence-electron chi connectivity index (χ4n) is 8.33. The number of para-hydroxylation sites is 4. The lowest BCUT2D eigenvalue weighted by Gasteiger charge is -2.12. The highest BCUT2D eigenvalue weighted by Crippen LogP contribution is 2.39. The number of rotatable bonds is 4. The summed E-state index contributed by atoms with van der Waals surface area (Å²) in [5.74, 6) is 0. The summed E-state index contributed by atoms with van der Waals surface area (Å²) in [6.45, 7) is 0. The molecule has 0 N–H and O–H groups in total. The highest BCUT2D eigenvalue weighted by molar-refractivity contribution is 6.13. The van der Waals surface area contributed by atoms with Gasteiger partial charge in [-0.15, -0.1) is 0 Å². The monoisotopic (exact) mass is 661 g/mol. The van der Waals surface area contributed by atoms with Crippen LogP contribution in [0.4, 0.5) is 0 Å². The van der Waals surface area contributed by atoms with E-state index in [0.29, 0.717) is 0 Å². The molecule has 11 aromatic rings. The fourth-order valence-corrected chi connectivity index (χ4v) is 8.33. The van der Waals surface area contributed by atoms with E-state index in [2.05, 4.69) is 197 Å². The van der Waals surface area contributed by atoms with Crippen molar-refractivity contribution in [2.75, 3.05) is 0 Å². The summed E-state index contributed by atoms with van der Waals surface area (Å²) in [7, 11) is 0. The Kier molecular flexibility index (Phi) is 6.25. The normalized spacial score (nSPS) is 11.8. The van der Waals surface area contributed by atoms with Gasteiger partial charge in [-0.25, -0.2) is 4.98 Å². The topological polar surface area (TPSA) is 22.8 Å². The molecule has 0 aliphatic rings. The van der Waals surface area contributed by atoms with Crippen molar-refractivity contribution in [2.24, 2.45) is 0 Å². The third kappa shape index (κ3) is 4.30. The second kappa shape index (κ2) is 11.3. The van der Waals surface area contributed by atoms with E-state index in [-0.39, 0.29) is 0 Å². The van der Waals surface area contributed by atoms with Crippen molar-refractivity contribution < 1.29 is 0 Å². The van der Waals surface area contributed by atoms with E-state index in [4.69, 9.17) is 4.98 Å². The van der Waals surface area contributed by atoms with Crippen molar-refractivity contribution in [3.8, 4) is 33.8 Å². The van der Waals surface area contributed by atoms with Crippen LogP contribution in [-0.2, 0) is 0 Å². The summed E-state index contributed by atoms with van der Waals surface area (Å²) >= 11 is 0. The van der Waals surface area contributed by atoms with Crippen LogP contribution < -0.4 is 0 Å². The summed E-state index contributed by atoms with van der Waals surface area (Å²) in [4.78, 5) is 5.15. The summed E-state index contributed by atoms with van der Waals surface area (Å²) in [5, 5.41) is 8.58. The minimum Gasteiger partial charge on any atom is -0.309 e. The van der Waals surface area contributed by atoms with Gasteiger partial charge < -0.3 is 9.13 Å². The lowest BCUT2D eigenvalue weighted by atomic mass is 10.00. The predicted octanol–water partition coefficient (Wildman–Crippen LogP) is 12.9.